The van der Waals surface area contributed by atoms with Crippen LogP contribution in [0.15, 0.2) is 12.3 Å². The number of aromatic nitrogens is 1. The highest BCUT2D eigenvalue weighted by atomic mass is 16.3. The van der Waals surface area contributed by atoms with Crippen molar-refractivity contribution in [1.82, 2.24) is 4.98 Å². The van der Waals surface area contributed by atoms with Crippen molar-refractivity contribution in [1.29, 1.82) is 0 Å². The van der Waals surface area contributed by atoms with Gasteiger partial charge in [-0.25, -0.2) is 4.98 Å². The summed E-state index contributed by atoms with van der Waals surface area (Å²) in [6.07, 6.45) is 2.51. The molecule has 1 aromatic rings. The van der Waals surface area contributed by atoms with Crippen molar-refractivity contribution in [2.45, 2.75) is 32.7 Å². The topological polar surface area (TPSA) is 71.2 Å². The molecule has 0 fully saturated rings. The number of aryl methyl sites for hydroxylation is 1. The number of aliphatic hydroxyl groups excluding tert-OH is 1. The van der Waals surface area contributed by atoms with Crippen LogP contribution in [0.3, 0.4) is 0 Å². The molecule has 0 spiro atoms. The normalized spacial score (nSPS) is 14.7. The van der Waals surface area contributed by atoms with E-state index in [0.717, 1.165) is 12.0 Å². The van der Waals surface area contributed by atoms with Gasteiger partial charge >= 0.3 is 0 Å². The zero-order chi connectivity index (χ0) is 11.5. The fraction of sp³-hybridized carbons (Fsp3) is 0.545. The number of pyridine rings is 1. The molecular formula is C11H19N3O. The van der Waals surface area contributed by atoms with Crippen LogP contribution in [-0.2, 0) is 0 Å². The Balaban J connectivity index is 2.94. The summed E-state index contributed by atoms with van der Waals surface area (Å²) >= 11 is 0. The molecule has 0 bridgehead atoms. The van der Waals surface area contributed by atoms with Crippen LogP contribution >= 0.6 is 0 Å². The van der Waals surface area contributed by atoms with Gasteiger partial charge in [-0.3, -0.25) is 0 Å². The van der Waals surface area contributed by atoms with Crippen molar-refractivity contribution >= 4 is 11.5 Å². The van der Waals surface area contributed by atoms with Crippen LogP contribution in [0, 0.1) is 6.92 Å². The average molecular weight is 209 g/mol. The number of rotatable bonds is 4. The van der Waals surface area contributed by atoms with Crippen molar-refractivity contribution in [2.75, 3.05) is 17.7 Å². The van der Waals surface area contributed by atoms with E-state index in [-0.39, 0.29) is 12.1 Å². The second-order valence-electron chi connectivity index (χ2n) is 4.09. The lowest BCUT2D eigenvalue weighted by atomic mass is 10.00. The number of hydrogen-bond donors (Lipinski definition) is 3. The molecule has 1 aromatic heterocycles. The van der Waals surface area contributed by atoms with Gasteiger partial charge in [-0.15, -0.1) is 0 Å². The average Bonchev–Trinajstić information content (AvgIpc) is 2.25. The number of hydrogen-bond acceptors (Lipinski definition) is 4. The Bertz CT molecular complexity index is 335. The molecule has 0 radical (unpaired) electrons. The van der Waals surface area contributed by atoms with Gasteiger partial charge in [0.15, 0.2) is 0 Å². The summed E-state index contributed by atoms with van der Waals surface area (Å²) in [4.78, 5) is 4.17. The molecule has 0 aromatic carbocycles. The van der Waals surface area contributed by atoms with Crippen LogP contribution in [0.2, 0.25) is 0 Å². The third-order valence-corrected chi connectivity index (χ3v) is 2.76. The highest BCUT2D eigenvalue weighted by Gasteiger charge is 2.22. The zero-order valence-electron chi connectivity index (χ0n) is 9.54. The molecule has 0 aliphatic heterocycles. The van der Waals surface area contributed by atoms with Gasteiger partial charge in [0.05, 0.1) is 17.8 Å². The molecule has 0 amide bonds. The standard InChI is InChI=1S/C11H19N3O/c1-4-11(3,7-15)14-10-9(12)8(2)5-6-13-10/h5-6,15H,4,7,12H2,1-3H3,(H,13,14). The maximum Gasteiger partial charge on any atom is 0.149 e. The van der Waals surface area contributed by atoms with E-state index in [1.54, 1.807) is 6.20 Å². The molecule has 0 saturated heterocycles. The van der Waals surface area contributed by atoms with Crippen molar-refractivity contribution in [2.24, 2.45) is 0 Å². The first-order valence-corrected chi connectivity index (χ1v) is 5.12. The van der Waals surface area contributed by atoms with Gasteiger partial charge in [-0.05, 0) is 31.9 Å². The van der Waals surface area contributed by atoms with Gasteiger partial charge in [-0.1, -0.05) is 6.92 Å². The van der Waals surface area contributed by atoms with Crippen molar-refractivity contribution in [3.8, 4) is 0 Å². The molecule has 0 saturated carbocycles. The minimum Gasteiger partial charge on any atom is -0.396 e. The second kappa shape index (κ2) is 4.49. The summed E-state index contributed by atoms with van der Waals surface area (Å²) in [7, 11) is 0. The second-order valence-corrected chi connectivity index (χ2v) is 4.09. The van der Waals surface area contributed by atoms with Gasteiger partial charge in [-0.2, -0.15) is 0 Å². The first-order valence-electron chi connectivity index (χ1n) is 5.12. The van der Waals surface area contributed by atoms with Crippen LogP contribution < -0.4 is 11.1 Å². The van der Waals surface area contributed by atoms with Crippen molar-refractivity contribution in [3.05, 3.63) is 17.8 Å². The van der Waals surface area contributed by atoms with E-state index in [0.29, 0.717) is 11.5 Å². The van der Waals surface area contributed by atoms with E-state index in [4.69, 9.17) is 5.73 Å². The van der Waals surface area contributed by atoms with Gasteiger partial charge in [0.1, 0.15) is 5.82 Å². The largest absolute Gasteiger partial charge is 0.396 e. The zero-order valence-corrected chi connectivity index (χ0v) is 9.54. The quantitative estimate of drug-likeness (QED) is 0.703. The van der Waals surface area contributed by atoms with Crippen molar-refractivity contribution in [3.63, 3.8) is 0 Å². The molecule has 0 aliphatic carbocycles. The van der Waals surface area contributed by atoms with E-state index in [9.17, 15) is 5.11 Å². The summed E-state index contributed by atoms with van der Waals surface area (Å²) in [5.41, 5.74) is 7.16. The number of anilines is 2. The fourth-order valence-electron chi connectivity index (χ4n) is 1.19. The van der Waals surface area contributed by atoms with Crippen LogP contribution in [0.4, 0.5) is 11.5 Å². The lowest BCUT2D eigenvalue weighted by Crippen LogP contribution is -2.38. The molecule has 15 heavy (non-hydrogen) atoms. The Morgan fingerprint density at radius 1 is 1.60 bits per heavy atom. The molecule has 4 nitrogen and oxygen atoms in total. The molecule has 1 rings (SSSR count). The predicted octanol–water partition coefficient (Wildman–Crippen LogP) is 1.55. The van der Waals surface area contributed by atoms with Crippen molar-refractivity contribution < 1.29 is 5.11 Å². The Labute approximate surface area is 90.5 Å². The maximum absolute atomic E-state index is 9.28. The maximum atomic E-state index is 9.28. The summed E-state index contributed by atoms with van der Waals surface area (Å²) in [5, 5.41) is 12.5. The van der Waals surface area contributed by atoms with Gasteiger partial charge in [0.25, 0.3) is 0 Å². The smallest absolute Gasteiger partial charge is 0.149 e. The first kappa shape index (κ1) is 11.8. The van der Waals surface area contributed by atoms with Crippen LogP contribution in [-0.4, -0.2) is 22.2 Å². The lowest BCUT2D eigenvalue weighted by Gasteiger charge is -2.28. The van der Waals surface area contributed by atoms with Crippen LogP contribution in [0.5, 0.6) is 0 Å². The number of nitrogens with one attached hydrogen (secondary N) is 1. The third-order valence-electron chi connectivity index (χ3n) is 2.76. The lowest BCUT2D eigenvalue weighted by molar-refractivity contribution is 0.218. The summed E-state index contributed by atoms with van der Waals surface area (Å²) in [6.45, 7) is 5.94. The molecule has 4 heteroatoms. The van der Waals surface area contributed by atoms with E-state index in [1.807, 2.05) is 26.8 Å². The minimum atomic E-state index is -0.366. The molecule has 0 aliphatic rings. The monoisotopic (exact) mass is 209 g/mol. The molecular weight excluding hydrogens is 190 g/mol. The SMILES string of the molecule is CCC(C)(CO)Nc1nccc(C)c1N. The van der Waals surface area contributed by atoms with E-state index in [1.165, 1.54) is 0 Å². The van der Waals surface area contributed by atoms with E-state index >= 15 is 0 Å². The summed E-state index contributed by atoms with van der Waals surface area (Å²) in [6, 6.07) is 1.86. The predicted molar refractivity (Wildman–Crippen MR) is 62.8 cm³/mol. The van der Waals surface area contributed by atoms with E-state index < -0.39 is 0 Å². The van der Waals surface area contributed by atoms with Gasteiger partial charge in [0, 0.05) is 6.20 Å². The Morgan fingerprint density at radius 3 is 2.80 bits per heavy atom. The fourth-order valence-corrected chi connectivity index (χ4v) is 1.19. The summed E-state index contributed by atoms with van der Waals surface area (Å²) in [5.74, 6) is 0.647. The molecule has 84 valence electrons. The van der Waals surface area contributed by atoms with Gasteiger partial charge in [0.2, 0.25) is 0 Å². The number of nitrogen functional groups attached to an aromatic ring is 1. The number of nitrogens with two attached hydrogens (primary N) is 1. The van der Waals surface area contributed by atoms with Crippen LogP contribution in [0.1, 0.15) is 25.8 Å². The minimum absolute atomic E-state index is 0.0541. The highest BCUT2D eigenvalue weighted by molar-refractivity contribution is 5.65. The molecule has 1 atom stereocenters. The van der Waals surface area contributed by atoms with E-state index in [2.05, 4.69) is 10.3 Å². The Morgan fingerprint density at radius 2 is 2.27 bits per heavy atom. The number of aliphatic hydroxyl groups is 1. The number of nitrogens with zero attached hydrogens (tertiary/aromatic N) is 1. The first-order chi connectivity index (χ1) is 7.02. The molecule has 1 heterocycles. The third kappa shape index (κ3) is 2.59. The van der Waals surface area contributed by atoms with Gasteiger partial charge < -0.3 is 16.2 Å². The molecule has 4 N–H and O–H groups in total. The Kier molecular flexibility index (Phi) is 3.52. The highest BCUT2D eigenvalue weighted by Crippen LogP contribution is 2.23. The Hall–Kier alpha value is -1.29. The van der Waals surface area contributed by atoms with Crippen LogP contribution in [0.25, 0.3) is 0 Å². The molecule has 1 unspecified atom stereocenters. The summed E-state index contributed by atoms with van der Waals surface area (Å²) < 4.78 is 0.